The molecule has 25 heavy (non-hydrogen) atoms. The number of hydrogen-bond acceptors (Lipinski definition) is 4. The Balaban J connectivity index is 1.75. The standard InChI is InChI=1S/C19H16N4OS/c1-2-21-18(24)23-19-22-16-9-12(7-8-17(16)25-19)15-11-20-10-13-5-3-4-6-14(13)15/h3-11H,2H2,1H3,(H2,21,22,23,24). The van der Waals surface area contributed by atoms with Gasteiger partial charge in [-0.05, 0) is 30.0 Å². The van der Waals surface area contributed by atoms with E-state index in [2.05, 4.69) is 38.8 Å². The molecule has 0 aliphatic heterocycles. The molecule has 0 aliphatic rings. The van der Waals surface area contributed by atoms with Gasteiger partial charge in [0, 0.05) is 29.9 Å². The van der Waals surface area contributed by atoms with E-state index >= 15 is 0 Å². The number of anilines is 1. The number of carbonyl (C=O) groups excluding carboxylic acids is 1. The second kappa shape index (κ2) is 6.49. The molecule has 2 aromatic carbocycles. The van der Waals surface area contributed by atoms with Gasteiger partial charge < -0.3 is 5.32 Å². The van der Waals surface area contributed by atoms with Crippen LogP contribution in [0, 0.1) is 0 Å². The lowest BCUT2D eigenvalue weighted by Gasteiger charge is -2.06. The van der Waals surface area contributed by atoms with E-state index in [1.807, 2.05) is 43.6 Å². The Labute approximate surface area is 148 Å². The van der Waals surface area contributed by atoms with Crippen molar-refractivity contribution >= 4 is 43.5 Å². The van der Waals surface area contributed by atoms with Crippen molar-refractivity contribution in [1.29, 1.82) is 0 Å². The van der Waals surface area contributed by atoms with Crippen molar-refractivity contribution in [1.82, 2.24) is 15.3 Å². The summed E-state index contributed by atoms with van der Waals surface area (Å²) in [5.41, 5.74) is 3.00. The van der Waals surface area contributed by atoms with E-state index in [1.54, 1.807) is 0 Å². The molecule has 0 aliphatic carbocycles. The Morgan fingerprint density at radius 2 is 2.04 bits per heavy atom. The van der Waals surface area contributed by atoms with Gasteiger partial charge in [0.2, 0.25) is 0 Å². The monoisotopic (exact) mass is 348 g/mol. The third-order valence-electron chi connectivity index (χ3n) is 3.92. The maximum absolute atomic E-state index is 11.7. The molecule has 0 saturated carbocycles. The van der Waals surface area contributed by atoms with Crippen molar-refractivity contribution in [3.8, 4) is 11.1 Å². The first-order valence-corrected chi connectivity index (χ1v) is 8.85. The van der Waals surface area contributed by atoms with Gasteiger partial charge in [-0.25, -0.2) is 9.78 Å². The van der Waals surface area contributed by atoms with Crippen LogP contribution in [0.1, 0.15) is 6.92 Å². The molecular formula is C19H16N4OS. The topological polar surface area (TPSA) is 66.9 Å². The summed E-state index contributed by atoms with van der Waals surface area (Å²) >= 11 is 1.46. The lowest BCUT2D eigenvalue weighted by molar-refractivity contribution is 0.252. The zero-order valence-electron chi connectivity index (χ0n) is 13.6. The third-order valence-corrected chi connectivity index (χ3v) is 4.88. The Kier molecular flexibility index (Phi) is 4.03. The highest BCUT2D eigenvalue weighted by Crippen LogP contribution is 2.32. The number of urea groups is 1. The highest BCUT2D eigenvalue weighted by Gasteiger charge is 2.10. The summed E-state index contributed by atoms with van der Waals surface area (Å²) in [5, 5.41) is 8.33. The van der Waals surface area contributed by atoms with Crippen LogP contribution in [0.25, 0.3) is 32.1 Å². The first-order chi connectivity index (χ1) is 12.2. The summed E-state index contributed by atoms with van der Waals surface area (Å²) in [4.78, 5) is 20.5. The van der Waals surface area contributed by atoms with Crippen LogP contribution in [0.15, 0.2) is 54.9 Å². The zero-order chi connectivity index (χ0) is 17.2. The normalized spacial score (nSPS) is 10.9. The van der Waals surface area contributed by atoms with E-state index in [0.717, 1.165) is 32.1 Å². The maximum Gasteiger partial charge on any atom is 0.321 e. The van der Waals surface area contributed by atoms with Crippen LogP contribution in [0.3, 0.4) is 0 Å². The summed E-state index contributed by atoms with van der Waals surface area (Å²) < 4.78 is 1.03. The Hall–Kier alpha value is -2.99. The number of aromatic nitrogens is 2. The number of nitrogens with one attached hydrogen (secondary N) is 2. The molecule has 2 N–H and O–H groups in total. The predicted molar refractivity (Wildman–Crippen MR) is 103 cm³/mol. The number of pyridine rings is 1. The maximum atomic E-state index is 11.7. The fourth-order valence-electron chi connectivity index (χ4n) is 2.80. The number of hydrogen-bond donors (Lipinski definition) is 2. The fourth-order valence-corrected chi connectivity index (χ4v) is 3.64. The largest absolute Gasteiger partial charge is 0.338 e. The smallest absolute Gasteiger partial charge is 0.321 e. The number of rotatable bonds is 3. The van der Waals surface area contributed by atoms with E-state index < -0.39 is 0 Å². The van der Waals surface area contributed by atoms with Crippen molar-refractivity contribution in [3.63, 3.8) is 0 Å². The van der Waals surface area contributed by atoms with Gasteiger partial charge in [-0.2, -0.15) is 0 Å². The molecule has 0 fully saturated rings. The minimum atomic E-state index is -0.236. The molecule has 124 valence electrons. The van der Waals surface area contributed by atoms with Gasteiger partial charge in [-0.15, -0.1) is 0 Å². The molecule has 0 radical (unpaired) electrons. The fraction of sp³-hybridized carbons (Fsp3) is 0.105. The number of fused-ring (bicyclic) bond motifs is 2. The molecule has 0 atom stereocenters. The molecular weight excluding hydrogens is 332 g/mol. The molecule has 4 aromatic rings. The Morgan fingerprint density at radius 3 is 2.92 bits per heavy atom. The van der Waals surface area contributed by atoms with Crippen molar-refractivity contribution in [2.24, 2.45) is 0 Å². The van der Waals surface area contributed by atoms with E-state index in [0.29, 0.717) is 11.7 Å². The molecule has 5 nitrogen and oxygen atoms in total. The summed E-state index contributed by atoms with van der Waals surface area (Å²) in [5.74, 6) is 0. The second-order valence-electron chi connectivity index (χ2n) is 5.59. The molecule has 2 heterocycles. The molecule has 0 unspecified atom stereocenters. The molecule has 0 spiro atoms. The highest BCUT2D eigenvalue weighted by molar-refractivity contribution is 7.22. The van der Waals surface area contributed by atoms with E-state index in [1.165, 1.54) is 11.3 Å². The highest BCUT2D eigenvalue weighted by atomic mass is 32.1. The van der Waals surface area contributed by atoms with Crippen LogP contribution >= 0.6 is 11.3 Å². The molecule has 6 heteroatoms. The molecule has 0 saturated heterocycles. The summed E-state index contributed by atoms with van der Waals surface area (Å²) in [6, 6.07) is 14.1. The quantitative estimate of drug-likeness (QED) is 0.566. The SMILES string of the molecule is CCNC(=O)Nc1nc2cc(-c3cncc4ccccc34)ccc2s1. The van der Waals surface area contributed by atoms with Crippen LogP contribution in [0.4, 0.5) is 9.93 Å². The molecule has 0 bridgehead atoms. The van der Waals surface area contributed by atoms with Gasteiger partial charge in [0.15, 0.2) is 5.13 Å². The third kappa shape index (κ3) is 3.04. The average Bonchev–Trinajstić information content (AvgIpc) is 3.02. The summed E-state index contributed by atoms with van der Waals surface area (Å²) in [7, 11) is 0. The first-order valence-electron chi connectivity index (χ1n) is 8.03. The lowest BCUT2D eigenvalue weighted by atomic mass is 10.0. The van der Waals surface area contributed by atoms with Gasteiger partial charge in [-0.3, -0.25) is 10.3 Å². The van der Waals surface area contributed by atoms with Crippen molar-refractivity contribution in [2.75, 3.05) is 11.9 Å². The van der Waals surface area contributed by atoms with E-state index in [-0.39, 0.29) is 6.03 Å². The first kappa shape index (κ1) is 15.5. The van der Waals surface area contributed by atoms with E-state index in [9.17, 15) is 4.79 Å². The second-order valence-corrected chi connectivity index (χ2v) is 6.62. The minimum Gasteiger partial charge on any atom is -0.338 e. The van der Waals surface area contributed by atoms with Crippen LogP contribution in [0.5, 0.6) is 0 Å². The number of amides is 2. The van der Waals surface area contributed by atoms with Crippen LogP contribution < -0.4 is 10.6 Å². The summed E-state index contributed by atoms with van der Waals surface area (Å²) in [6.45, 7) is 2.46. The predicted octanol–water partition coefficient (Wildman–Crippen LogP) is 4.65. The lowest BCUT2D eigenvalue weighted by Crippen LogP contribution is -2.28. The van der Waals surface area contributed by atoms with Crippen LogP contribution in [0.2, 0.25) is 0 Å². The molecule has 2 aromatic heterocycles. The molecule has 2 amide bonds. The van der Waals surface area contributed by atoms with Gasteiger partial charge >= 0.3 is 6.03 Å². The van der Waals surface area contributed by atoms with Gasteiger partial charge in [0.05, 0.1) is 10.2 Å². The van der Waals surface area contributed by atoms with Crippen molar-refractivity contribution in [3.05, 3.63) is 54.9 Å². The van der Waals surface area contributed by atoms with Gasteiger partial charge in [-0.1, -0.05) is 41.7 Å². The number of carbonyl (C=O) groups is 1. The van der Waals surface area contributed by atoms with Crippen molar-refractivity contribution in [2.45, 2.75) is 6.92 Å². The van der Waals surface area contributed by atoms with Gasteiger partial charge in [0.25, 0.3) is 0 Å². The number of benzene rings is 2. The van der Waals surface area contributed by atoms with Crippen LogP contribution in [-0.4, -0.2) is 22.5 Å². The molecule has 4 rings (SSSR count). The zero-order valence-corrected chi connectivity index (χ0v) is 14.4. The number of nitrogens with zero attached hydrogens (tertiary/aromatic N) is 2. The van der Waals surface area contributed by atoms with E-state index in [4.69, 9.17) is 0 Å². The summed E-state index contributed by atoms with van der Waals surface area (Å²) in [6.07, 6.45) is 3.75. The number of thiazole rings is 1. The van der Waals surface area contributed by atoms with Gasteiger partial charge in [0.1, 0.15) is 0 Å². The minimum absolute atomic E-state index is 0.236. The average molecular weight is 348 g/mol. The Bertz CT molecular complexity index is 1070. The van der Waals surface area contributed by atoms with Crippen LogP contribution in [-0.2, 0) is 0 Å². The van der Waals surface area contributed by atoms with Crippen molar-refractivity contribution < 1.29 is 4.79 Å². The Morgan fingerprint density at radius 1 is 1.16 bits per heavy atom.